The summed E-state index contributed by atoms with van der Waals surface area (Å²) >= 11 is 0. The van der Waals surface area contributed by atoms with Crippen LogP contribution in [0.15, 0.2) is 42.5 Å². The minimum atomic E-state index is -0.354. The van der Waals surface area contributed by atoms with Crippen LogP contribution < -0.4 is 10.2 Å². The van der Waals surface area contributed by atoms with E-state index in [1.165, 1.54) is 35.5 Å². The molecule has 2 aliphatic heterocycles. The number of anilines is 1. The summed E-state index contributed by atoms with van der Waals surface area (Å²) in [6, 6.07) is 12.0. The van der Waals surface area contributed by atoms with E-state index in [-0.39, 0.29) is 23.5 Å². The number of fused-ring (bicyclic) bond motifs is 1. The first kappa shape index (κ1) is 20.4. The second-order valence-corrected chi connectivity index (χ2v) is 8.28. The number of amides is 2. The number of carbonyl (C=O) groups excluding carboxylic acids is 2. The van der Waals surface area contributed by atoms with Crippen LogP contribution in [0.4, 0.5) is 10.1 Å². The topological polar surface area (TPSA) is 52.7 Å². The molecule has 2 aliphatic rings. The molecular weight excluding hydrogens is 381 g/mol. The number of rotatable bonds is 4. The lowest BCUT2D eigenvalue weighted by molar-refractivity contribution is -0.126. The average Bonchev–Trinajstić information content (AvgIpc) is 2.78. The van der Waals surface area contributed by atoms with Crippen LogP contribution in [0.3, 0.4) is 0 Å². The molecule has 0 spiro atoms. The molecular formula is C24H28FN3O2. The van der Waals surface area contributed by atoms with Gasteiger partial charge in [-0.05, 0) is 67.1 Å². The van der Waals surface area contributed by atoms with E-state index in [2.05, 4.69) is 35.5 Å². The first-order valence-electron chi connectivity index (χ1n) is 10.7. The van der Waals surface area contributed by atoms with Crippen LogP contribution in [0.2, 0.25) is 0 Å². The third-order valence-corrected chi connectivity index (χ3v) is 6.21. The second kappa shape index (κ2) is 8.86. The van der Waals surface area contributed by atoms with Gasteiger partial charge in [-0.3, -0.25) is 9.59 Å². The maximum Gasteiger partial charge on any atom is 0.253 e. The van der Waals surface area contributed by atoms with E-state index in [0.29, 0.717) is 38.0 Å². The van der Waals surface area contributed by atoms with Crippen LogP contribution in [0.25, 0.3) is 0 Å². The molecule has 30 heavy (non-hydrogen) atoms. The Kier molecular flexibility index (Phi) is 6.02. The van der Waals surface area contributed by atoms with Crippen LogP contribution in [-0.2, 0) is 17.8 Å². The first-order valence-corrected chi connectivity index (χ1v) is 10.7. The number of halogens is 1. The monoisotopic (exact) mass is 409 g/mol. The summed E-state index contributed by atoms with van der Waals surface area (Å²) in [4.78, 5) is 29.2. The predicted octanol–water partition coefficient (Wildman–Crippen LogP) is 3.38. The predicted molar refractivity (Wildman–Crippen MR) is 115 cm³/mol. The van der Waals surface area contributed by atoms with Gasteiger partial charge >= 0.3 is 0 Å². The van der Waals surface area contributed by atoms with Gasteiger partial charge in [0.05, 0.1) is 0 Å². The minimum absolute atomic E-state index is 0.0544. The quantitative estimate of drug-likeness (QED) is 0.842. The second-order valence-electron chi connectivity index (χ2n) is 8.28. The highest BCUT2D eigenvalue weighted by molar-refractivity contribution is 5.94. The number of nitrogens with zero attached hydrogens (tertiary/aromatic N) is 2. The number of hydrogen-bond donors (Lipinski definition) is 1. The molecule has 5 nitrogen and oxygen atoms in total. The molecule has 0 unspecified atom stereocenters. The Balaban J connectivity index is 1.27. The van der Waals surface area contributed by atoms with Crippen LogP contribution in [-0.4, -0.2) is 43.4 Å². The maximum absolute atomic E-state index is 13.1. The van der Waals surface area contributed by atoms with Crippen LogP contribution in [0, 0.1) is 11.7 Å². The summed E-state index contributed by atoms with van der Waals surface area (Å²) in [5.74, 6) is -0.481. The molecule has 158 valence electrons. The van der Waals surface area contributed by atoms with Crippen molar-refractivity contribution in [2.75, 3.05) is 31.6 Å². The lowest BCUT2D eigenvalue weighted by atomic mass is 9.95. The van der Waals surface area contributed by atoms with E-state index < -0.39 is 0 Å². The van der Waals surface area contributed by atoms with E-state index in [1.807, 2.05) is 0 Å². The molecule has 2 aromatic rings. The van der Waals surface area contributed by atoms with E-state index in [0.717, 1.165) is 24.9 Å². The molecule has 0 saturated carbocycles. The summed E-state index contributed by atoms with van der Waals surface area (Å²) in [7, 11) is 2.12. The molecule has 1 saturated heterocycles. The summed E-state index contributed by atoms with van der Waals surface area (Å²) < 4.78 is 13.1. The number of carbonyl (C=O) groups is 2. The smallest absolute Gasteiger partial charge is 0.253 e. The molecule has 1 N–H and O–H groups in total. The zero-order chi connectivity index (χ0) is 21.1. The van der Waals surface area contributed by atoms with Crippen molar-refractivity contribution in [3.8, 4) is 0 Å². The van der Waals surface area contributed by atoms with Crippen molar-refractivity contribution in [1.82, 2.24) is 10.2 Å². The van der Waals surface area contributed by atoms with Crippen LogP contribution in [0.5, 0.6) is 0 Å². The molecule has 0 bridgehead atoms. The third-order valence-electron chi connectivity index (χ3n) is 6.21. The van der Waals surface area contributed by atoms with Gasteiger partial charge in [0.2, 0.25) is 5.91 Å². The SMILES string of the molecule is CN1CCCc2cc(CNC(=O)C3CCN(C(=O)c4ccc(F)cc4)CC3)ccc21. The van der Waals surface area contributed by atoms with Crippen molar-refractivity contribution in [3.63, 3.8) is 0 Å². The molecule has 4 rings (SSSR count). The summed E-state index contributed by atoms with van der Waals surface area (Å²) in [6.07, 6.45) is 3.54. The Morgan fingerprint density at radius 2 is 1.80 bits per heavy atom. The van der Waals surface area contributed by atoms with Gasteiger partial charge in [0.25, 0.3) is 5.91 Å². The highest BCUT2D eigenvalue weighted by Gasteiger charge is 2.27. The Morgan fingerprint density at radius 1 is 1.07 bits per heavy atom. The highest BCUT2D eigenvalue weighted by Crippen LogP contribution is 2.27. The lowest BCUT2D eigenvalue weighted by Crippen LogP contribution is -2.42. The van der Waals surface area contributed by atoms with Crippen molar-refractivity contribution in [1.29, 1.82) is 0 Å². The average molecular weight is 410 g/mol. The fourth-order valence-corrected chi connectivity index (χ4v) is 4.40. The third kappa shape index (κ3) is 4.48. The minimum Gasteiger partial charge on any atom is -0.374 e. The molecule has 0 aromatic heterocycles. The largest absolute Gasteiger partial charge is 0.374 e. The Bertz CT molecular complexity index is 921. The maximum atomic E-state index is 13.1. The summed E-state index contributed by atoms with van der Waals surface area (Å²) in [5, 5.41) is 3.07. The summed E-state index contributed by atoms with van der Waals surface area (Å²) in [6.45, 7) is 2.70. The van der Waals surface area contributed by atoms with Crippen LogP contribution in [0.1, 0.15) is 40.7 Å². The zero-order valence-corrected chi connectivity index (χ0v) is 17.4. The molecule has 2 aromatic carbocycles. The lowest BCUT2D eigenvalue weighted by Gasteiger charge is -2.31. The van der Waals surface area contributed by atoms with Gasteiger partial charge in [0.15, 0.2) is 0 Å². The standard InChI is InChI=1S/C24H28FN3O2/c1-27-12-2-3-20-15-17(4-9-22(20)27)16-26-23(29)18-10-13-28(14-11-18)24(30)19-5-7-21(25)8-6-19/h4-9,15,18H,2-3,10-14,16H2,1H3,(H,26,29). The molecule has 0 aliphatic carbocycles. The van der Waals surface area contributed by atoms with E-state index in [1.54, 1.807) is 4.90 Å². The Hall–Kier alpha value is -2.89. The molecule has 2 heterocycles. The molecule has 6 heteroatoms. The number of aryl methyl sites for hydroxylation is 1. The van der Waals surface area contributed by atoms with Crippen molar-refractivity contribution in [3.05, 3.63) is 65.0 Å². The zero-order valence-electron chi connectivity index (χ0n) is 17.4. The van der Waals surface area contributed by atoms with E-state index in [9.17, 15) is 14.0 Å². The van der Waals surface area contributed by atoms with Gasteiger partial charge in [-0.1, -0.05) is 12.1 Å². The number of piperidine rings is 1. The van der Waals surface area contributed by atoms with Crippen molar-refractivity contribution in [2.45, 2.75) is 32.2 Å². The normalized spacial score (nSPS) is 16.9. The number of benzene rings is 2. The Labute approximate surface area is 176 Å². The fourth-order valence-electron chi connectivity index (χ4n) is 4.40. The van der Waals surface area contributed by atoms with Gasteiger partial charge in [-0.15, -0.1) is 0 Å². The fraction of sp³-hybridized carbons (Fsp3) is 0.417. The van der Waals surface area contributed by atoms with Gasteiger partial charge in [0.1, 0.15) is 5.82 Å². The van der Waals surface area contributed by atoms with Crippen molar-refractivity contribution in [2.24, 2.45) is 5.92 Å². The molecule has 0 radical (unpaired) electrons. The first-order chi connectivity index (χ1) is 14.5. The highest BCUT2D eigenvalue weighted by atomic mass is 19.1. The van der Waals surface area contributed by atoms with Gasteiger partial charge < -0.3 is 15.1 Å². The van der Waals surface area contributed by atoms with Gasteiger partial charge in [0, 0.05) is 50.4 Å². The number of likely N-dealkylation sites (tertiary alicyclic amines) is 1. The van der Waals surface area contributed by atoms with Crippen LogP contribution >= 0.6 is 0 Å². The van der Waals surface area contributed by atoms with E-state index in [4.69, 9.17) is 0 Å². The Morgan fingerprint density at radius 3 is 2.53 bits per heavy atom. The number of hydrogen-bond acceptors (Lipinski definition) is 3. The van der Waals surface area contributed by atoms with Crippen molar-refractivity contribution >= 4 is 17.5 Å². The van der Waals surface area contributed by atoms with E-state index >= 15 is 0 Å². The molecule has 1 fully saturated rings. The van der Waals surface area contributed by atoms with Gasteiger partial charge in [-0.2, -0.15) is 0 Å². The summed E-state index contributed by atoms with van der Waals surface area (Å²) in [5.41, 5.74) is 4.25. The molecule has 2 amide bonds. The van der Waals surface area contributed by atoms with Crippen molar-refractivity contribution < 1.29 is 14.0 Å². The number of nitrogens with one attached hydrogen (secondary N) is 1. The van der Waals surface area contributed by atoms with Gasteiger partial charge in [-0.25, -0.2) is 4.39 Å². The molecule has 0 atom stereocenters.